The van der Waals surface area contributed by atoms with Crippen molar-refractivity contribution in [3.63, 3.8) is 0 Å². The maximum atomic E-state index is 13.2. The standard InChI is InChI=1S/C27H27N5O5S/c1-16-3-6-19(7-4-16)38(35,36)32-10-9-18-11-17(5-8-23(18)32)13-31-24(12-22(30-31)26(33)28-2)27(34)29-25-20-14-37-15-21(20)25/h3-12,20-21,25H,13-15H2,1-2H3,(H,28,33)(H,29,34)/t20-,21+,25+. The summed E-state index contributed by atoms with van der Waals surface area (Å²) in [5.41, 5.74) is 2.76. The number of aromatic nitrogens is 3. The number of hydrogen-bond acceptors (Lipinski definition) is 6. The molecule has 1 aliphatic heterocycles. The number of carbonyl (C=O) groups excluding carboxylic acids is 2. The van der Waals surface area contributed by atoms with Crippen LogP contribution in [-0.4, -0.2) is 60.3 Å². The summed E-state index contributed by atoms with van der Waals surface area (Å²) < 4.78 is 34.6. The van der Waals surface area contributed by atoms with Crippen LogP contribution in [0.5, 0.6) is 0 Å². The lowest BCUT2D eigenvalue weighted by Gasteiger charge is -2.11. The van der Waals surface area contributed by atoms with E-state index in [-0.39, 0.29) is 40.7 Å². The molecule has 2 aromatic carbocycles. The average Bonchev–Trinajstić information content (AvgIpc) is 3.38. The molecule has 38 heavy (non-hydrogen) atoms. The van der Waals surface area contributed by atoms with Gasteiger partial charge in [0.2, 0.25) is 0 Å². The summed E-state index contributed by atoms with van der Waals surface area (Å²) in [6.07, 6.45) is 1.54. The summed E-state index contributed by atoms with van der Waals surface area (Å²) >= 11 is 0. The Balaban J connectivity index is 1.28. The number of nitrogens with one attached hydrogen (secondary N) is 2. The van der Waals surface area contributed by atoms with E-state index in [1.807, 2.05) is 13.0 Å². The van der Waals surface area contributed by atoms with Gasteiger partial charge in [-0.15, -0.1) is 0 Å². The van der Waals surface area contributed by atoms with Gasteiger partial charge in [-0.3, -0.25) is 14.3 Å². The second kappa shape index (κ2) is 9.10. The Kier molecular flexibility index (Phi) is 5.84. The third-order valence-electron chi connectivity index (χ3n) is 7.35. The summed E-state index contributed by atoms with van der Waals surface area (Å²) in [7, 11) is -2.25. The summed E-state index contributed by atoms with van der Waals surface area (Å²) in [5, 5.41) is 10.7. The van der Waals surface area contributed by atoms with Gasteiger partial charge >= 0.3 is 0 Å². The van der Waals surface area contributed by atoms with Crippen LogP contribution in [-0.2, 0) is 21.3 Å². The molecule has 4 aromatic rings. The van der Waals surface area contributed by atoms with E-state index < -0.39 is 10.0 Å². The van der Waals surface area contributed by atoms with Crippen LogP contribution in [0.4, 0.5) is 0 Å². The molecule has 0 bridgehead atoms. The van der Waals surface area contributed by atoms with Crippen LogP contribution in [0.15, 0.2) is 65.7 Å². The minimum atomic E-state index is -3.76. The van der Waals surface area contributed by atoms with Gasteiger partial charge in [-0.05, 0) is 42.8 Å². The molecule has 2 amide bonds. The molecule has 3 heterocycles. The van der Waals surface area contributed by atoms with Crippen molar-refractivity contribution in [2.45, 2.75) is 24.4 Å². The first kappa shape index (κ1) is 24.4. The van der Waals surface area contributed by atoms with Gasteiger partial charge in [-0.2, -0.15) is 5.10 Å². The highest BCUT2D eigenvalue weighted by molar-refractivity contribution is 7.90. The smallest absolute Gasteiger partial charge is 0.271 e. The lowest BCUT2D eigenvalue weighted by atomic mass is 10.1. The second-order valence-corrected chi connectivity index (χ2v) is 11.7. The first-order valence-electron chi connectivity index (χ1n) is 12.4. The number of amides is 2. The first-order chi connectivity index (χ1) is 18.3. The van der Waals surface area contributed by atoms with Gasteiger partial charge in [0.1, 0.15) is 5.69 Å². The molecule has 2 aliphatic rings. The maximum absolute atomic E-state index is 13.2. The van der Waals surface area contributed by atoms with Crippen LogP contribution in [0.1, 0.15) is 32.1 Å². The molecule has 2 fully saturated rings. The Labute approximate surface area is 219 Å². The fourth-order valence-corrected chi connectivity index (χ4v) is 6.46. The fourth-order valence-electron chi connectivity index (χ4n) is 5.11. The molecule has 1 aliphatic carbocycles. The third-order valence-corrected chi connectivity index (χ3v) is 9.06. The Hall–Kier alpha value is -3.96. The molecule has 6 rings (SSSR count). The highest BCUT2D eigenvalue weighted by Gasteiger charge is 2.55. The molecule has 2 aromatic heterocycles. The molecule has 196 valence electrons. The van der Waals surface area contributed by atoms with Crippen LogP contribution in [0.2, 0.25) is 0 Å². The fraction of sp³-hybridized carbons (Fsp3) is 0.296. The monoisotopic (exact) mass is 533 g/mol. The molecule has 3 atom stereocenters. The van der Waals surface area contributed by atoms with E-state index in [4.69, 9.17) is 4.74 Å². The predicted octanol–water partition coefficient (Wildman–Crippen LogP) is 2.17. The van der Waals surface area contributed by atoms with Crippen LogP contribution < -0.4 is 10.6 Å². The number of nitrogens with zero attached hydrogens (tertiary/aromatic N) is 3. The van der Waals surface area contributed by atoms with Crippen molar-refractivity contribution in [2.75, 3.05) is 20.3 Å². The SMILES string of the molecule is CNC(=O)c1cc(C(=O)N[C@H]2[C@@H]3COC[C@@H]32)n(Cc2ccc3c(ccn3S(=O)(=O)c3ccc(C)cc3)c2)n1. The molecule has 10 nitrogen and oxygen atoms in total. The van der Waals surface area contributed by atoms with E-state index >= 15 is 0 Å². The second-order valence-electron chi connectivity index (χ2n) is 9.84. The van der Waals surface area contributed by atoms with Crippen molar-refractivity contribution >= 4 is 32.7 Å². The lowest BCUT2D eigenvalue weighted by Crippen LogP contribution is -2.31. The van der Waals surface area contributed by atoms with Crippen molar-refractivity contribution in [1.29, 1.82) is 0 Å². The van der Waals surface area contributed by atoms with E-state index in [1.165, 1.54) is 28.0 Å². The zero-order valence-corrected chi connectivity index (χ0v) is 21.7. The van der Waals surface area contributed by atoms with Gasteiger partial charge in [-0.1, -0.05) is 23.8 Å². The molecule has 0 spiro atoms. The highest BCUT2D eigenvalue weighted by Crippen LogP contribution is 2.44. The predicted molar refractivity (Wildman–Crippen MR) is 139 cm³/mol. The van der Waals surface area contributed by atoms with E-state index in [2.05, 4.69) is 15.7 Å². The Morgan fingerprint density at radius 2 is 1.76 bits per heavy atom. The van der Waals surface area contributed by atoms with Crippen LogP contribution in [0.25, 0.3) is 10.9 Å². The van der Waals surface area contributed by atoms with Crippen molar-refractivity contribution in [1.82, 2.24) is 24.4 Å². The van der Waals surface area contributed by atoms with Gasteiger partial charge in [0.25, 0.3) is 21.8 Å². The molecule has 11 heteroatoms. The van der Waals surface area contributed by atoms with Gasteiger partial charge < -0.3 is 15.4 Å². The molecule has 2 N–H and O–H groups in total. The zero-order valence-electron chi connectivity index (χ0n) is 20.9. The van der Waals surface area contributed by atoms with Gasteiger partial charge in [0, 0.05) is 42.6 Å². The number of hydrogen-bond donors (Lipinski definition) is 2. The average molecular weight is 534 g/mol. The Morgan fingerprint density at radius 3 is 2.47 bits per heavy atom. The third kappa shape index (κ3) is 4.17. The number of aryl methyl sites for hydroxylation is 1. The van der Waals surface area contributed by atoms with Crippen molar-refractivity contribution < 1.29 is 22.7 Å². The number of rotatable bonds is 7. The van der Waals surface area contributed by atoms with Crippen LogP contribution >= 0.6 is 0 Å². The Morgan fingerprint density at radius 1 is 1.03 bits per heavy atom. The first-order valence-corrected chi connectivity index (χ1v) is 13.8. The Bertz CT molecular complexity index is 1660. The topological polar surface area (TPSA) is 124 Å². The summed E-state index contributed by atoms with van der Waals surface area (Å²) in [4.78, 5) is 25.6. The van der Waals surface area contributed by atoms with Crippen LogP contribution in [0, 0.1) is 18.8 Å². The van der Waals surface area contributed by atoms with Crippen molar-refractivity contribution in [2.24, 2.45) is 11.8 Å². The van der Waals surface area contributed by atoms with Crippen molar-refractivity contribution in [3.05, 3.63) is 83.3 Å². The quantitative estimate of drug-likeness (QED) is 0.375. The normalized spacial score (nSPS) is 20.3. The molecule has 1 saturated heterocycles. The van der Waals surface area contributed by atoms with E-state index in [0.29, 0.717) is 30.6 Å². The highest BCUT2D eigenvalue weighted by atomic mass is 32.2. The van der Waals surface area contributed by atoms with E-state index in [0.717, 1.165) is 16.5 Å². The van der Waals surface area contributed by atoms with Gasteiger partial charge in [0.05, 0.1) is 30.2 Å². The minimum absolute atomic E-state index is 0.0784. The maximum Gasteiger partial charge on any atom is 0.271 e. The minimum Gasteiger partial charge on any atom is -0.381 e. The largest absolute Gasteiger partial charge is 0.381 e. The van der Waals surface area contributed by atoms with Gasteiger partial charge in [-0.25, -0.2) is 12.4 Å². The molecular weight excluding hydrogens is 506 g/mol. The molecule has 0 radical (unpaired) electrons. The number of carbonyl (C=O) groups is 2. The zero-order chi connectivity index (χ0) is 26.6. The number of benzene rings is 2. The number of fused-ring (bicyclic) bond motifs is 2. The lowest BCUT2D eigenvalue weighted by molar-refractivity contribution is 0.0917. The van der Waals surface area contributed by atoms with Gasteiger partial charge in [0.15, 0.2) is 5.69 Å². The molecule has 1 saturated carbocycles. The summed E-state index contributed by atoms with van der Waals surface area (Å²) in [6.45, 7) is 3.43. The molecule has 0 unspecified atom stereocenters. The summed E-state index contributed by atoms with van der Waals surface area (Å²) in [5.74, 6) is 0.0135. The number of ether oxygens (including phenoxy) is 1. The molecular formula is C27H27N5O5S. The van der Waals surface area contributed by atoms with E-state index in [9.17, 15) is 18.0 Å². The van der Waals surface area contributed by atoms with E-state index in [1.54, 1.807) is 42.5 Å². The van der Waals surface area contributed by atoms with Crippen LogP contribution in [0.3, 0.4) is 0 Å². The summed E-state index contributed by atoms with van der Waals surface area (Å²) in [6, 6.07) is 15.5. The van der Waals surface area contributed by atoms with Crippen molar-refractivity contribution in [3.8, 4) is 0 Å².